The van der Waals surface area contributed by atoms with Gasteiger partial charge in [-0.1, -0.05) is 12.1 Å². The van der Waals surface area contributed by atoms with Gasteiger partial charge in [-0.25, -0.2) is 8.78 Å². The summed E-state index contributed by atoms with van der Waals surface area (Å²) in [5.41, 5.74) is -0.538. The summed E-state index contributed by atoms with van der Waals surface area (Å²) in [7, 11) is 0. The van der Waals surface area contributed by atoms with Gasteiger partial charge in [-0.3, -0.25) is 4.79 Å². The van der Waals surface area contributed by atoms with Gasteiger partial charge in [0.1, 0.15) is 18.2 Å². The summed E-state index contributed by atoms with van der Waals surface area (Å²) in [6.45, 7) is -0.0742. The van der Waals surface area contributed by atoms with E-state index in [1.54, 1.807) is 0 Å². The van der Waals surface area contributed by atoms with E-state index < -0.39 is 23.0 Å². The van der Waals surface area contributed by atoms with Crippen LogP contribution >= 0.6 is 11.3 Å². The summed E-state index contributed by atoms with van der Waals surface area (Å²) in [5, 5.41) is 1.89. The largest absolute Gasteiger partial charge is 0.368 e. The highest BCUT2D eigenvalue weighted by molar-refractivity contribution is 7.09. The van der Waals surface area contributed by atoms with Gasteiger partial charge in [0, 0.05) is 4.88 Å². The standard InChI is InChI=1S/C13H10F2O2S/c14-10-4-1-5-11(15)13(10)12(16)8-17-7-9-3-2-6-18-9/h1-6H,7-8H2. The van der Waals surface area contributed by atoms with E-state index in [0.717, 1.165) is 17.0 Å². The molecule has 18 heavy (non-hydrogen) atoms. The highest BCUT2D eigenvalue weighted by Crippen LogP contribution is 2.14. The fourth-order valence-corrected chi connectivity index (χ4v) is 2.12. The number of thiophene rings is 1. The molecule has 2 rings (SSSR count). The van der Waals surface area contributed by atoms with Crippen molar-refractivity contribution in [2.45, 2.75) is 6.61 Å². The molecule has 2 nitrogen and oxygen atoms in total. The quantitative estimate of drug-likeness (QED) is 0.777. The average molecular weight is 268 g/mol. The molecule has 0 fully saturated rings. The second-order valence-corrected chi connectivity index (χ2v) is 4.62. The van der Waals surface area contributed by atoms with Crippen molar-refractivity contribution in [3.63, 3.8) is 0 Å². The average Bonchev–Trinajstić information content (AvgIpc) is 2.82. The van der Waals surface area contributed by atoms with Crippen molar-refractivity contribution >= 4 is 17.1 Å². The summed E-state index contributed by atoms with van der Waals surface area (Å²) in [5.74, 6) is -2.42. The first kappa shape index (κ1) is 12.9. The number of benzene rings is 1. The maximum atomic E-state index is 13.3. The van der Waals surface area contributed by atoms with Gasteiger partial charge in [-0.15, -0.1) is 11.3 Å². The van der Waals surface area contributed by atoms with Gasteiger partial charge in [-0.2, -0.15) is 0 Å². The monoisotopic (exact) mass is 268 g/mol. The molecule has 0 aliphatic carbocycles. The lowest BCUT2D eigenvalue weighted by Crippen LogP contribution is -2.12. The van der Waals surface area contributed by atoms with E-state index in [0.29, 0.717) is 0 Å². The molecule has 0 saturated carbocycles. The van der Waals surface area contributed by atoms with Gasteiger partial charge >= 0.3 is 0 Å². The minimum absolute atomic E-state index is 0.263. The molecule has 0 atom stereocenters. The molecule has 0 unspecified atom stereocenters. The van der Waals surface area contributed by atoms with Crippen molar-refractivity contribution < 1.29 is 18.3 Å². The Kier molecular flexibility index (Phi) is 4.17. The zero-order valence-electron chi connectivity index (χ0n) is 9.36. The lowest BCUT2D eigenvalue weighted by Gasteiger charge is -2.04. The predicted molar refractivity (Wildman–Crippen MR) is 64.7 cm³/mol. The summed E-state index contributed by atoms with van der Waals surface area (Å²) >= 11 is 1.49. The second-order valence-electron chi connectivity index (χ2n) is 3.59. The van der Waals surface area contributed by atoms with Crippen molar-refractivity contribution in [2.75, 3.05) is 6.61 Å². The van der Waals surface area contributed by atoms with Crippen LogP contribution in [0.2, 0.25) is 0 Å². The minimum atomic E-state index is -0.861. The number of hydrogen-bond acceptors (Lipinski definition) is 3. The molecule has 0 bridgehead atoms. The normalized spacial score (nSPS) is 10.6. The molecule has 5 heteroatoms. The SMILES string of the molecule is O=C(COCc1cccs1)c1c(F)cccc1F. The van der Waals surface area contributed by atoms with Crippen molar-refractivity contribution in [3.05, 3.63) is 57.8 Å². The molecule has 1 aromatic heterocycles. The van der Waals surface area contributed by atoms with Gasteiger partial charge in [0.2, 0.25) is 0 Å². The Bertz CT molecular complexity index is 518. The van der Waals surface area contributed by atoms with Crippen molar-refractivity contribution in [3.8, 4) is 0 Å². The topological polar surface area (TPSA) is 26.3 Å². The highest BCUT2D eigenvalue weighted by Gasteiger charge is 2.16. The van der Waals surface area contributed by atoms with Crippen LogP contribution in [0, 0.1) is 11.6 Å². The molecule has 0 aliphatic heterocycles. The maximum absolute atomic E-state index is 13.3. The Labute approximate surface area is 107 Å². The van der Waals surface area contributed by atoms with E-state index in [1.165, 1.54) is 17.4 Å². The van der Waals surface area contributed by atoms with Crippen LogP contribution in [-0.2, 0) is 11.3 Å². The molecule has 0 spiro atoms. The molecule has 1 heterocycles. The number of ketones is 1. The van der Waals surface area contributed by atoms with Gasteiger partial charge in [0.15, 0.2) is 5.78 Å². The fraction of sp³-hybridized carbons (Fsp3) is 0.154. The van der Waals surface area contributed by atoms with Crippen molar-refractivity contribution in [2.24, 2.45) is 0 Å². The molecule has 0 radical (unpaired) electrons. The lowest BCUT2D eigenvalue weighted by atomic mass is 10.1. The number of carbonyl (C=O) groups is 1. The fourth-order valence-electron chi connectivity index (χ4n) is 1.48. The van der Waals surface area contributed by atoms with Gasteiger partial charge in [0.25, 0.3) is 0 Å². The Balaban J connectivity index is 1.96. The number of halogens is 2. The summed E-state index contributed by atoms with van der Waals surface area (Å²) < 4.78 is 31.7. The zero-order chi connectivity index (χ0) is 13.0. The van der Waals surface area contributed by atoms with Gasteiger partial charge in [-0.05, 0) is 23.6 Å². The summed E-state index contributed by atoms with van der Waals surface area (Å²) in [4.78, 5) is 12.6. The van der Waals surface area contributed by atoms with Crippen molar-refractivity contribution in [1.29, 1.82) is 0 Å². The van der Waals surface area contributed by atoms with E-state index in [1.807, 2.05) is 17.5 Å². The highest BCUT2D eigenvalue weighted by atomic mass is 32.1. The minimum Gasteiger partial charge on any atom is -0.368 e. The van der Waals surface area contributed by atoms with Crippen LogP contribution in [0.25, 0.3) is 0 Å². The third-order valence-electron chi connectivity index (χ3n) is 2.30. The first-order chi connectivity index (χ1) is 8.68. The van der Waals surface area contributed by atoms with Crippen LogP contribution in [0.4, 0.5) is 8.78 Å². The van der Waals surface area contributed by atoms with Crippen LogP contribution in [0.1, 0.15) is 15.2 Å². The molecule has 0 saturated heterocycles. The predicted octanol–water partition coefficient (Wildman–Crippen LogP) is 3.43. The summed E-state index contributed by atoms with van der Waals surface area (Å²) in [6.07, 6.45) is 0. The first-order valence-corrected chi connectivity index (χ1v) is 6.14. The van der Waals surface area contributed by atoms with E-state index in [-0.39, 0.29) is 13.2 Å². The smallest absolute Gasteiger partial charge is 0.194 e. The van der Waals surface area contributed by atoms with Crippen LogP contribution in [0.3, 0.4) is 0 Å². The Morgan fingerprint density at radius 3 is 2.50 bits per heavy atom. The summed E-state index contributed by atoms with van der Waals surface area (Å²) in [6, 6.07) is 7.04. The number of carbonyl (C=O) groups excluding carboxylic acids is 1. The van der Waals surface area contributed by atoms with E-state index in [9.17, 15) is 13.6 Å². The second kappa shape index (κ2) is 5.84. The zero-order valence-corrected chi connectivity index (χ0v) is 10.2. The number of Topliss-reactive ketones (excluding diaryl/α,β-unsaturated/α-hetero) is 1. The number of ether oxygens (including phenoxy) is 1. The molecular weight excluding hydrogens is 258 g/mol. The first-order valence-electron chi connectivity index (χ1n) is 5.26. The third kappa shape index (κ3) is 3.00. The molecule has 0 amide bonds. The van der Waals surface area contributed by atoms with Gasteiger partial charge in [0.05, 0.1) is 12.2 Å². The van der Waals surface area contributed by atoms with Gasteiger partial charge < -0.3 is 4.74 Å². The lowest BCUT2D eigenvalue weighted by molar-refractivity contribution is 0.0723. The van der Waals surface area contributed by atoms with E-state index >= 15 is 0 Å². The van der Waals surface area contributed by atoms with Crippen LogP contribution in [-0.4, -0.2) is 12.4 Å². The van der Waals surface area contributed by atoms with E-state index in [4.69, 9.17) is 4.74 Å². The Hall–Kier alpha value is -1.59. The number of hydrogen-bond donors (Lipinski definition) is 0. The number of rotatable bonds is 5. The van der Waals surface area contributed by atoms with Crippen LogP contribution in [0.15, 0.2) is 35.7 Å². The van der Waals surface area contributed by atoms with Crippen LogP contribution < -0.4 is 0 Å². The maximum Gasteiger partial charge on any atom is 0.194 e. The van der Waals surface area contributed by atoms with Crippen molar-refractivity contribution in [1.82, 2.24) is 0 Å². The molecule has 1 aromatic carbocycles. The molecule has 0 N–H and O–H groups in total. The molecular formula is C13H10F2O2S. The molecule has 94 valence electrons. The van der Waals surface area contributed by atoms with E-state index in [2.05, 4.69) is 0 Å². The molecule has 2 aromatic rings. The third-order valence-corrected chi connectivity index (χ3v) is 3.15. The van der Waals surface area contributed by atoms with Crippen LogP contribution in [0.5, 0.6) is 0 Å². The molecule has 0 aliphatic rings. The Morgan fingerprint density at radius 1 is 1.17 bits per heavy atom. The Morgan fingerprint density at radius 2 is 1.89 bits per heavy atom.